The summed E-state index contributed by atoms with van der Waals surface area (Å²) in [6.07, 6.45) is 8.64. The molecule has 5 heterocycles. The topological polar surface area (TPSA) is 109 Å². The number of pyridine rings is 1. The summed E-state index contributed by atoms with van der Waals surface area (Å²) >= 11 is 0. The minimum Gasteiger partial charge on any atom is -0.479 e. The van der Waals surface area contributed by atoms with Crippen LogP contribution >= 0.6 is 0 Å². The van der Waals surface area contributed by atoms with Crippen LogP contribution in [0.4, 0.5) is 0 Å². The molecule has 10 nitrogen and oxygen atoms in total. The Kier molecular flexibility index (Phi) is 3.98. The molecule has 0 spiro atoms. The van der Waals surface area contributed by atoms with E-state index in [0.29, 0.717) is 29.9 Å². The molecule has 0 atom stereocenters. The Morgan fingerprint density at radius 3 is 2.94 bits per heavy atom. The van der Waals surface area contributed by atoms with Gasteiger partial charge >= 0.3 is 0 Å². The molecule has 10 heteroatoms. The molecule has 5 aromatic heterocycles. The fraction of sp³-hybridized carbons (Fsp3) is 0.333. The van der Waals surface area contributed by atoms with Crippen molar-refractivity contribution in [3.8, 4) is 17.0 Å². The van der Waals surface area contributed by atoms with Crippen LogP contribution in [-0.2, 0) is 6.54 Å². The van der Waals surface area contributed by atoms with E-state index in [-0.39, 0.29) is 0 Å². The summed E-state index contributed by atoms with van der Waals surface area (Å²) < 4.78 is 15.2. The van der Waals surface area contributed by atoms with E-state index in [1.54, 1.807) is 11.6 Å². The molecule has 1 aliphatic rings. The molecule has 1 saturated carbocycles. The molecule has 6 rings (SSSR count). The van der Waals surface area contributed by atoms with Crippen molar-refractivity contribution in [2.75, 3.05) is 7.11 Å². The quantitative estimate of drug-likeness (QED) is 0.430. The monoisotopic (exact) mass is 416 g/mol. The largest absolute Gasteiger partial charge is 0.479 e. The Hall–Kier alpha value is -3.82. The van der Waals surface area contributed by atoms with Crippen molar-refractivity contribution in [2.24, 2.45) is 0 Å². The van der Waals surface area contributed by atoms with Crippen LogP contribution in [-0.4, -0.2) is 46.4 Å². The first kappa shape index (κ1) is 18.0. The van der Waals surface area contributed by atoms with Gasteiger partial charge in [0.05, 0.1) is 12.6 Å². The molecule has 156 valence electrons. The van der Waals surface area contributed by atoms with Gasteiger partial charge in [-0.25, -0.2) is 14.5 Å². The normalized spacial score (nSPS) is 14.4. The number of methoxy groups -OCH3 is 1. The number of aryl methyl sites for hydroxylation is 1. The number of hydrogen-bond donors (Lipinski definition) is 0. The number of fused-ring (bicyclic) bond motifs is 2. The zero-order valence-electron chi connectivity index (χ0n) is 17.2. The summed E-state index contributed by atoms with van der Waals surface area (Å²) in [6.45, 7) is 2.41. The van der Waals surface area contributed by atoms with E-state index in [1.807, 2.05) is 25.4 Å². The van der Waals surface area contributed by atoms with Crippen LogP contribution in [0.2, 0.25) is 0 Å². The summed E-state index contributed by atoms with van der Waals surface area (Å²) in [4.78, 5) is 13.4. The van der Waals surface area contributed by atoms with Crippen LogP contribution in [0.25, 0.3) is 27.8 Å². The first-order valence-electron chi connectivity index (χ1n) is 10.2. The van der Waals surface area contributed by atoms with Gasteiger partial charge in [0.25, 0.3) is 0 Å². The van der Waals surface area contributed by atoms with E-state index < -0.39 is 0 Å². The minimum absolute atomic E-state index is 0.412. The van der Waals surface area contributed by atoms with Gasteiger partial charge in [-0.2, -0.15) is 10.1 Å². The second kappa shape index (κ2) is 6.86. The lowest BCUT2D eigenvalue weighted by Gasteiger charge is -2.20. The lowest BCUT2D eigenvalue weighted by atomic mass is 9.85. The Balaban J connectivity index is 1.42. The highest BCUT2D eigenvalue weighted by molar-refractivity contribution is 5.87. The minimum atomic E-state index is 0.412. The molecule has 5 aromatic rings. The van der Waals surface area contributed by atoms with E-state index in [0.717, 1.165) is 46.7 Å². The fourth-order valence-electron chi connectivity index (χ4n) is 4.06. The van der Waals surface area contributed by atoms with Gasteiger partial charge in [0.1, 0.15) is 24.2 Å². The number of hydrogen-bond acceptors (Lipinski definition) is 8. The van der Waals surface area contributed by atoms with E-state index >= 15 is 0 Å². The lowest BCUT2D eigenvalue weighted by Crippen LogP contribution is -2.08. The third-order valence-electron chi connectivity index (χ3n) is 5.95. The second-order valence-electron chi connectivity index (χ2n) is 7.77. The highest BCUT2D eigenvalue weighted by atomic mass is 16.5. The van der Waals surface area contributed by atoms with Crippen molar-refractivity contribution < 1.29 is 9.15 Å². The third-order valence-corrected chi connectivity index (χ3v) is 5.95. The molecule has 0 bridgehead atoms. The van der Waals surface area contributed by atoms with Crippen LogP contribution in [0.3, 0.4) is 0 Å². The zero-order valence-corrected chi connectivity index (χ0v) is 17.2. The highest BCUT2D eigenvalue weighted by Crippen LogP contribution is 2.35. The molecule has 1 fully saturated rings. The van der Waals surface area contributed by atoms with Crippen LogP contribution < -0.4 is 4.74 Å². The first-order valence-corrected chi connectivity index (χ1v) is 10.2. The van der Waals surface area contributed by atoms with Crippen molar-refractivity contribution in [3.63, 3.8) is 0 Å². The van der Waals surface area contributed by atoms with Crippen molar-refractivity contribution >= 4 is 16.7 Å². The van der Waals surface area contributed by atoms with Crippen molar-refractivity contribution in [3.05, 3.63) is 48.5 Å². The molecule has 0 amide bonds. The maximum absolute atomic E-state index is 5.93. The van der Waals surface area contributed by atoms with E-state index in [9.17, 15) is 0 Å². The maximum Gasteiger partial charge on any atom is 0.241 e. The first-order chi connectivity index (χ1) is 15.2. The lowest BCUT2D eigenvalue weighted by molar-refractivity contribution is 0.323. The SMILES string of the molecule is COc1ncnn2ccc(-c3cnc4nc(C)n(Cc5nnc(C6CCC6)o5)c4c3)c12. The number of ether oxygens (including phenoxy) is 1. The van der Waals surface area contributed by atoms with Gasteiger partial charge in [-0.1, -0.05) is 6.42 Å². The van der Waals surface area contributed by atoms with Crippen LogP contribution in [0, 0.1) is 6.92 Å². The molecule has 0 aromatic carbocycles. The smallest absolute Gasteiger partial charge is 0.241 e. The standard InChI is InChI=1S/C21H20N8O2/c1-12-25-19-16(28(12)10-17-26-27-20(31-17)13-4-3-5-13)8-14(9-22-19)15-6-7-29-18(15)21(30-2)23-11-24-29/h6-9,11,13H,3-5,10H2,1-2H3. The number of rotatable bonds is 5. The predicted octanol–water partition coefficient (Wildman–Crippen LogP) is 3.16. The van der Waals surface area contributed by atoms with Crippen LogP contribution in [0.15, 0.2) is 35.3 Å². The Morgan fingerprint density at radius 1 is 1.23 bits per heavy atom. The molecule has 1 aliphatic carbocycles. The molecule has 0 radical (unpaired) electrons. The van der Waals surface area contributed by atoms with Crippen LogP contribution in [0.1, 0.15) is 42.8 Å². The highest BCUT2D eigenvalue weighted by Gasteiger charge is 2.25. The number of imidazole rings is 1. The van der Waals surface area contributed by atoms with E-state index in [4.69, 9.17) is 9.15 Å². The summed E-state index contributed by atoms with van der Waals surface area (Å²) in [5, 5.41) is 12.8. The molecule has 0 unspecified atom stereocenters. The van der Waals surface area contributed by atoms with Gasteiger partial charge in [-0.15, -0.1) is 10.2 Å². The molecule has 31 heavy (non-hydrogen) atoms. The maximum atomic E-state index is 5.93. The summed E-state index contributed by atoms with van der Waals surface area (Å²) in [5.41, 5.74) is 4.21. The van der Waals surface area contributed by atoms with Crippen molar-refractivity contribution in [1.82, 2.24) is 39.3 Å². The summed E-state index contributed by atoms with van der Waals surface area (Å²) in [7, 11) is 1.60. The molecular weight excluding hydrogens is 396 g/mol. The van der Waals surface area contributed by atoms with Gasteiger partial charge < -0.3 is 13.7 Å². The van der Waals surface area contributed by atoms with Crippen molar-refractivity contribution in [1.29, 1.82) is 0 Å². The van der Waals surface area contributed by atoms with Gasteiger partial charge in [-0.3, -0.25) is 0 Å². The number of nitrogens with zero attached hydrogens (tertiary/aromatic N) is 8. The average Bonchev–Trinajstić information content (AvgIpc) is 3.45. The van der Waals surface area contributed by atoms with Crippen LogP contribution in [0.5, 0.6) is 5.88 Å². The fourth-order valence-corrected chi connectivity index (χ4v) is 4.06. The second-order valence-corrected chi connectivity index (χ2v) is 7.77. The molecule has 0 N–H and O–H groups in total. The van der Waals surface area contributed by atoms with Gasteiger partial charge in [0, 0.05) is 29.4 Å². The Labute approximate surface area is 176 Å². The van der Waals surface area contributed by atoms with E-state index in [1.165, 1.54) is 12.7 Å². The predicted molar refractivity (Wildman–Crippen MR) is 111 cm³/mol. The van der Waals surface area contributed by atoms with E-state index in [2.05, 4.69) is 40.9 Å². The summed E-state index contributed by atoms with van der Waals surface area (Å²) in [5.74, 6) is 3.09. The summed E-state index contributed by atoms with van der Waals surface area (Å²) in [6, 6.07) is 4.04. The Morgan fingerprint density at radius 2 is 2.13 bits per heavy atom. The van der Waals surface area contributed by atoms with Crippen molar-refractivity contribution in [2.45, 2.75) is 38.6 Å². The van der Waals surface area contributed by atoms with Gasteiger partial charge in [0.15, 0.2) is 5.65 Å². The number of aromatic nitrogens is 8. The Bertz CT molecular complexity index is 1410. The molecular formula is C21H20N8O2. The van der Waals surface area contributed by atoms with Gasteiger partial charge in [-0.05, 0) is 31.9 Å². The average molecular weight is 416 g/mol. The molecule has 0 aliphatic heterocycles. The molecule has 0 saturated heterocycles. The zero-order chi connectivity index (χ0) is 20.9. The third kappa shape index (κ3) is 2.86. The van der Waals surface area contributed by atoms with Gasteiger partial charge in [0.2, 0.25) is 17.7 Å².